The van der Waals surface area contributed by atoms with Gasteiger partial charge in [0.15, 0.2) is 27.1 Å². The number of rotatable bonds is 3. The summed E-state index contributed by atoms with van der Waals surface area (Å²) >= 11 is 0. The Bertz CT molecular complexity index is 766. The van der Waals surface area contributed by atoms with Gasteiger partial charge in [-0.3, -0.25) is 0 Å². The van der Waals surface area contributed by atoms with E-state index in [1.54, 1.807) is 0 Å². The maximum absolute atomic E-state index is 12.8. The molecule has 0 aromatic heterocycles. The average Bonchev–Trinajstić information content (AvgIpc) is 3.06. The van der Waals surface area contributed by atoms with Gasteiger partial charge in [-0.2, -0.15) is 13.2 Å². The van der Waals surface area contributed by atoms with E-state index in [1.807, 2.05) is 0 Å². The summed E-state index contributed by atoms with van der Waals surface area (Å²) in [6.07, 6.45) is -5.42. The molecule has 1 N–H and O–H groups in total. The third kappa shape index (κ3) is 2.78. The van der Waals surface area contributed by atoms with E-state index in [2.05, 4.69) is 5.16 Å². The topological polar surface area (TPSA) is 102 Å². The molecule has 2 aliphatic heterocycles. The summed E-state index contributed by atoms with van der Waals surface area (Å²) in [5.41, 5.74) is -1.37. The van der Waals surface area contributed by atoms with Crippen LogP contribution in [-0.4, -0.2) is 44.8 Å². The fourth-order valence-electron chi connectivity index (χ4n) is 2.68. The van der Waals surface area contributed by atoms with Crippen LogP contribution < -0.4 is 0 Å². The molecule has 3 rings (SSSR count). The van der Waals surface area contributed by atoms with E-state index in [9.17, 15) is 26.7 Å². The van der Waals surface area contributed by atoms with E-state index in [1.165, 1.54) is 0 Å². The third-order valence-corrected chi connectivity index (χ3v) is 5.72. The molecule has 3 atom stereocenters. The van der Waals surface area contributed by atoms with Crippen LogP contribution in [0.15, 0.2) is 34.3 Å². The zero-order valence-electron chi connectivity index (χ0n) is 11.9. The molecule has 1 saturated heterocycles. The molecule has 1 aromatic rings. The molecule has 0 amide bonds. The smallest absolute Gasteiger partial charge is 0.416 e. The number of benzene rings is 1. The van der Waals surface area contributed by atoms with Crippen LogP contribution in [0, 0.1) is 5.92 Å². The molecular formula is C13H11F3N2O5S. The molecule has 1 aromatic carbocycles. The lowest BCUT2D eigenvalue weighted by Gasteiger charge is -2.24. The Morgan fingerprint density at radius 3 is 2.75 bits per heavy atom. The fraction of sp³-hybridized carbons (Fsp3) is 0.385. The first-order valence-electron chi connectivity index (χ1n) is 6.75. The van der Waals surface area contributed by atoms with Gasteiger partial charge >= 0.3 is 12.1 Å². The number of carboxylic acids is 1. The molecule has 0 aliphatic carbocycles. The van der Waals surface area contributed by atoms with Gasteiger partial charge in [-0.25, -0.2) is 4.79 Å². The molecule has 11 heteroatoms. The van der Waals surface area contributed by atoms with E-state index in [4.69, 9.17) is 9.94 Å². The molecule has 0 radical (unpaired) electrons. The number of hydrogen-bond acceptors (Lipinski definition) is 5. The van der Waals surface area contributed by atoms with Crippen LogP contribution in [0.25, 0.3) is 0 Å². The van der Waals surface area contributed by atoms with Gasteiger partial charge in [0, 0.05) is 6.07 Å². The maximum atomic E-state index is 12.8. The van der Waals surface area contributed by atoms with Crippen molar-refractivity contribution in [3.05, 3.63) is 29.8 Å². The summed E-state index contributed by atoms with van der Waals surface area (Å²) in [6, 6.07) is 3.39. The van der Waals surface area contributed by atoms with Gasteiger partial charge in [0.25, 0.3) is 0 Å². The summed E-state index contributed by atoms with van der Waals surface area (Å²) in [5.74, 6) is -2.07. The second-order valence-corrected chi connectivity index (χ2v) is 7.32. The van der Waals surface area contributed by atoms with Gasteiger partial charge < -0.3 is 14.5 Å². The van der Waals surface area contributed by atoms with Gasteiger partial charge in [0.05, 0.1) is 24.6 Å². The van der Waals surface area contributed by atoms with Gasteiger partial charge in [-0.05, 0) is 12.1 Å². The first-order valence-corrected chi connectivity index (χ1v) is 8.19. The molecule has 1 fully saturated rings. The lowest BCUT2D eigenvalue weighted by atomic mass is 10.0. The number of nitrogens with zero attached hydrogens (tertiary/aromatic N) is 2. The zero-order valence-corrected chi connectivity index (χ0v) is 12.7. The van der Waals surface area contributed by atoms with Crippen LogP contribution in [0.5, 0.6) is 0 Å². The molecule has 0 saturated carbocycles. The van der Waals surface area contributed by atoms with Crippen LogP contribution in [0.2, 0.25) is 0 Å². The highest BCUT2D eigenvalue weighted by Gasteiger charge is 2.51. The Morgan fingerprint density at radius 2 is 2.12 bits per heavy atom. The average molecular weight is 364 g/mol. The highest BCUT2D eigenvalue weighted by molar-refractivity contribution is 7.95. The van der Waals surface area contributed by atoms with Crippen molar-refractivity contribution in [3.63, 3.8) is 0 Å². The lowest BCUT2D eigenvalue weighted by Crippen LogP contribution is -2.36. The van der Waals surface area contributed by atoms with Crippen molar-refractivity contribution in [3.8, 4) is 0 Å². The minimum absolute atomic E-state index is 0.177. The summed E-state index contributed by atoms with van der Waals surface area (Å²) < 4.78 is 64.2. The van der Waals surface area contributed by atoms with Gasteiger partial charge in [-0.15, -0.1) is 4.31 Å². The Hall–Kier alpha value is -1.98. The molecule has 0 spiro atoms. The minimum atomic E-state index is -4.67. The zero-order chi connectivity index (χ0) is 17.7. The standard InChI is InChI=1S/C13H11F3N2O5S/c14-13(15,16)7-2-1-3-8(4-7)24(21,22)18-5-9-10(6-18)23-17-11(9)12(19)20/h1-4,9-10H,5-6H2,(H-,19,20,21,22). The van der Waals surface area contributed by atoms with Crippen LogP contribution in [0.4, 0.5) is 13.2 Å². The number of carboxylic acid groups (broad SMARTS) is 1. The number of hydrogen-bond donors (Lipinski definition) is 1. The minimum Gasteiger partial charge on any atom is -0.593 e. The Balaban J connectivity index is 1.87. The van der Waals surface area contributed by atoms with Gasteiger partial charge in [0.2, 0.25) is 0 Å². The molecule has 24 heavy (non-hydrogen) atoms. The summed E-state index contributed by atoms with van der Waals surface area (Å²) in [5, 5.41) is 12.4. The number of alkyl halides is 3. The van der Waals surface area contributed by atoms with Crippen molar-refractivity contribution in [1.29, 1.82) is 0 Å². The number of oxime groups is 1. The molecule has 130 valence electrons. The van der Waals surface area contributed by atoms with Crippen LogP contribution in [0.3, 0.4) is 0 Å². The summed E-state index contributed by atoms with van der Waals surface area (Å²) in [4.78, 5) is 15.4. The second-order valence-electron chi connectivity index (χ2n) is 5.38. The van der Waals surface area contributed by atoms with Crippen molar-refractivity contribution in [2.45, 2.75) is 17.2 Å². The van der Waals surface area contributed by atoms with Crippen molar-refractivity contribution >= 4 is 22.1 Å². The summed E-state index contributed by atoms with van der Waals surface area (Å²) in [6.45, 7) is -0.391. The van der Waals surface area contributed by atoms with Crippen molar-refractivity contribution in [2.75, 3.05) is 13.1 Å². The number of fused-ring (bicyclic) bond motifs is 1. The Kier molecular flexibility index (Phi) is 3.89. The normalized spacial score (nSPS) is 26.4. The molecule has 0 bridgehead atoms. The van der Waals surface area contributed by atoms with Crippen LogP contribution in [0.1, 0.15) is 5.56 Å². The highest BCUT2D eigenvalue weighted by Crippen LogP contribution is 2.36. The maximum Gasteiger partial charge on any atom is 0.416 e. The summed E-state index contributed by atoms with van der Waals surface area (Å²) in [7, 11) is -4.21. The lowest BCUT2D eigenvalue weighted by molar-refractivity contribution is -0.137. The predicted molar refractivity (Wildman–Crippen MR) is 73.5 cm³/mol. The molecule has 7 nitrogen and oxygen atoms in total. The van der Waals surface area contributed by atoms with E-state index in [-0.39, 0.29) is 18.8 Å². The number of halogens is 3. The molecular weight excluding hydrogens is 353 g/mol. The van der Waals surface area contributed by atoms with Gasteiger partial charge in [0.1, 0.15) is 0 Å². The van der Waals surface area contributed by atoms with Crippen LogP contribution >= 0.6 is 0 Å². The van der Waals surface area contributed by atoms with E-state index in [0.717, 1.165) is 22.5 Å². The fourth-order valence-corrected chi connectivity index (χ4v) is 4.20. The monoisotopic (exact) mass is 364 g/mol. The van der Waals surface area contributed by atoms with Crippen molar-refractivity contribution in [2.24, 2.45) is 11.1 Å². The largest absolute Gasteiger partial charge is 0.593 e. The van der Waals surface area contributed by atoms with Crippen molar-refractivity contribution in [1.82, 2.24) is 4.31 Å². The molecule has 2 aliphatic rings. The molecule has 3 unspecified atom stereocenters. The number of carbonyl (C=O) groups is 1. The molecule has 2 heterocycles. The van der Waals surface area contributed by atoms with E-state index < -0.39 is 45.0 Å². The van der Waals surface area contributed by atoms with Gasteiger partial charge in [-0.1, -0.05) is 15.4 Å². The SMILES string of the molecule is O=C(O)C1=NOC2CN([S+](=O)([O-])c3cccc(C(F)(F)F)c3)CC12. The number of aliphatic carboxylic acids is 1. The number of sulfonamides is 1. The third-order valence-electron chi connectivity index (χ3n) is 3.89. The predicted octanol–water partition coefficient (Wildman–Crippen LogP) is 1.38. The Labute approximate surface area is 135 Å². The van der Waals surface area contributed by atoms with E-state index >= 15 is 0 Å². The van der Waals surface area contributed by atoms with Crippen LogP contribution in [-0.2, 0) is 30.4 Å². The highest BCUT2D eigenvalue weighted by atomic mass is 32.3. The second kappa shape index (κ2) is 5.53. The quantitative estimate of drug-likeness (QED) is 0.817. The first kappa shape index (κ1) is 16.9. The van der Waals surface area contributed by atoms with Crippen molar-refractivity contribution < 1.29 is 36.7 Å². The van der Waals surface area contributed by atoms with E-state index in [0.29, 0.717) is 6.07 Å². The Morgan fingerprint density at radius 1 is 1.42 bits per heavy atom. The first-order chi connectivity index (χ1) is 11.1.